The van der Waals surface area contributed by atoms with E-state index in [0.29, 0.717) is 12.4 Å². The normalized spacial score (nSPS) is 28.8. The van der Waals surface area contributed by atoms with Crippen LogP contribution >= 0.6 is 22.9 Å². The summed E-state index contributed by atoms with van der Waals surface area (Å²) in [6, 6.07) is 7.97. The van der Waals surface area contributed by atoms with Crippen molar-refractivity contribution in [3.8, 4) is 11.5 Å². The predicted molar refractivity (Wildman–Crippen MR) is 99.9 cm³/mol. The van der Waals surface area contributed by atoms with E-state index in [-0.39, 0.29) is 23.4 Å². The lowest BCUT2D eigenvalue weighted by Crippen LogP contribution is -2.49. The van der Waals surface area contributed by atoms with Gasteiger partial charge in [-0.1, -0.05) is 23.7 Å². The molecule has 3 atom stereocenters. The molecule has 2 aliphatic heterocycles. The van der Waals surface area contributed by atoms with Crippen molar-refractivity contribution in [1.29, 1.82) is 0 Å². The van der Waals surface area contributed by atoms with Gasteiger partial charge in [0.25, 0.3) is 0 Å². The minimum absolute atomic E-state index is 0.00863. The number of hydrogen-bond donors (Lipinski definition) is 2. The van der Waals surface area contributed by atoms with Crippen molar-refractivity contribution in [3.63, 3.8) is 0 Å². The number of piperidine rings is 1. The van der Waals surface area contributed by atoms with Crippen LogP contribution in [0, 0.1) is 0 Å². The lowest BCUT2D eigenvalue weighted by molar-refractivity contribution is -0.0955. The Balaban J connectivity index is 1.74. The first-order chi connectivity index (χ1) is 12.0. The first kappa shape index (κ1) is 17.2. The molecule has 2 aromatic rings. The molecule has 1 saturated heterocycles. The van der Waals surface area contributed by atoms with Crippen molar-refractivity contribution in [2.24, 2.45) is 0 Å². The van der Waals surface area contributed by atoms with Crippen LogP contribution in [0.3, 0.4) is 0 Å². The molecule has 1 fully saturated rings. The number of thiophene rings is 1. The van der Waals surface area contributed by atoms with Crippen LogP contribution in [0.1, 0.15) is 41.8 Å². The van der Waals surface area contributed by atoms with Crippen LogP contribution in [0.4, 0.5) is 0 Å². The Hall–Kier alpha value is -1.27. The molecule has 4 rings (SSSR count). The van der Waals surface area contributed by atoms with Gasteiger partial charge in [0.2, 0.25) is 0 Å². The molecule has 25 heavy (non-hydrogen) atoms. The van der Waals surface area contributed by atoms with Gasteiger partial charge in [-0.15, -0.1) is 11.3 Å². The third-order valence-corrected chi connectivity index (χ3v) is 6.72. The molecule has 1 aromatic heterocycles. The number of ether oxygens (including phenoxy) is 2. The van der Waals surface area contributed by atoms with Gasteiger partial charge in [-0.2, -0.15) is 0 Å². The highest BCUT2D eigenvalue weighted by molar-refractivity contribution is 7.16. The quantitative estimate of drug-likeness (QED) is 0.812. The molecule has 134 valence electrons. The number of rotatable bonds is 2. The highest BCUT2D eigenvalue weighted by Crippen LogP contribution is 2.51. The molecule has 0 amide bonds. The molecular formula is C19H22ClNO3S. The molecule has 0 aliphatic carbocycles. The first-order valence-electron chi connectivity index (χ1n) is 8.57. The Kier molecular flexibility index (Phi) is 4.44. The molecule has 0 bridgehead atoms. The van der Waals surface area contributed by atoms with Crippen LogP contribution in [-0.2, 0) is 16.8 Å². The van der Waals surface area contributed by atoms with E-state index in [1.807, 2.05) is 12.1 Å². The van der Waals surface area contributed by atoms with E-state index in [9.17, 15) is 5.11 Å². The second-order valence-electron chi connectivity index (χ2n) is 6.92. The number of para-hydroxylation sites is 1. The van der Waals surface area contributed by atoms with Gasteiger partial charge in [-0.05, 0) is 37.5 Å². The van der Waals surface area contributed by atoms with Gasteiger partial charge < -0.3 is 19.9 Å². The van der Waals surface area contributed by atoms with Crippen molar-refractivity contribution < 1.29 is 14.6 Å². The molecule has 3 heterocycles. The van der Waals surface area contributed by atoms with E-state index >= 15 is 0 Å². The van der Waals surface area contributed by atoms with E-state index in [2.05, 4.69) is 18.3 Å². The number of fused-ring (bicyclic) bond motifs is 2. The van der Waals surface area contributed by atoms with E-state index in [1.54, 1.807) is 24.5 Å². The van der Waals surface area contributed by atoms with E-state index in [1.165, 1.54) is 10.4 Å². The van der Waals surface area contributed by atoms with Gasteiger partial charge in [-0.3, -0.25) is 0 Å². The maximum atomic E-state index is 10.6. The van der Waals surface area contributed by atoms with E-state index < -0.39 is 0 Å². The summed E-state index contributed by atoms with van der Waals surface area (Å²) in [5, 5.41) is 14.2. The number of halogens is 1. The number of methoxy groups -OCH3 is 1. The minimum Gasteiger partial charge on any atom is -0.504 e. The molecule has 0 unspecified atom stereocenters. The topological polar surface area (TPSA) is 50.7 Å². The molecule has 2 aliphatic rings. The zero-order chi connectivity index (χ0) is 17.6. The summed E-state index contributed by atoms with van der Waals surface area (Å²) < 4.78 is 12.5. The fraction of sp³-hybridized carbons (Fsp3) is 0.474. The second-order valence-corrected chi connectivity index (χ2v) is 8.61. The Morgan fingerprint density at radius 1 is 1.40 bits per heavy atom. The van der Waals surface area contributed by atoms with Gasteiger partial charge in [0.15, 0.2) is 11.5 Å². The first-order valence-corrected chi connectivity index (χ1v) is 9.76. The van der Waals surface area contributed by atoms with Crippen molar-refractivity contribution in [3.05, 3.63) is 44.6 Å². The Labute approximate surface area is 156 Å². The summed E-state index contributed by atoms with van der Waals surface area (Å²) in [5.41, 5.74) is 1.82. The third-order valence-electron chi connectivity index (χ3n) is 5.22. The van der Waals surface area contributed by atoms with Crippen molar-refractivity contribution in [1.82, 2.24) is 5.32 Å². The summed E-state index contributed by atoms with van der Waals surface area (Å²) in [5.74, 6) is 0.697. The highest BCUT2D eigenvalue weighted by atomic mass is 35.5. The second kappa shape index (κ2) is 6.47. The van der Waals surface area contributed by atoms with Crippen LogP contribution in [-0.4, -0.2) is 24.9 Å². The average Bonchev–Trinajstić information content (AvgIpc) is 2.97. The van der Waals surface area contributed by atoms with Gasteiger partial charge in [0.05, 0.1) is 18.1 Å². The van der Waals surface area contributed by atoms with Crippen LogP contribution in [0.15, 0.2) is 24.3 Å². The SMILES string of the molecule is COc1cccc([C@@H]2C[C@]3(C[C@H](C)N2)OCCc2cc(Cl)sc23)c1O. The number of nitrogens with one attached hydrogen (secondary N) is 1. The fourth-order valence-electron chi connectivity index (χ4n) is 4.25. The number of hydrogen-bond acceptors (Lipinski definition) is 5. The lowest BCUT2D eigenvalue weighted by Gasteiger charge is -2.46. The number of benzene rings is 1. The summed E-state index contributed by atoms with van der Waals surface area (Å²) in [6.07, 6.45) is 2.58. The van der Waals surface area contributed by atoms with Crippen LogP contribution in [0.2, 0.25) is 4.34 Å². The molecule has 1 spiro atoms. The molecule has 0 radical (unpaired) electrons. The van der Waals surface area contributed by atoms with Gasteiger partial charge >= 0.3 is 0 Å². The van der Waals surface area contributed by atoms with Crippen molar-refractivity contribution in [2.75, 3.05) is 13.7 Å². The maximum absolute atomic E-state index is 10.6. The fourth-order valence-corrected chi connectivity index (χ4v) is 5.71. The lowest BCUT2D eigenvalue weighted by atomic mass is 9.78. The molecule has 1 aromatic carbocycles. The summed E-state index contributed by atoms with van der Waals surface area (Å²) in [6.45, 7) is 2.88. The summed E-state index contributed by atoms with van der Waals surface area (Å²) in [4.78, 5) is 1.25. The zero-order valence-corrected chi connectivity index (χ0v) is 15.9. The minimum atomic E-state index is -0.337. The molecule has 4 nitrogen and oxygen atoms in total. The Morgan fingerprint density at radius 2 is 2.24 bits per heavy atom. The van der Waals surface area contributed by atoms with Gasteiger partial charge in [0.1, 0.15) is 5.60 Å². The van der Waals surface area contributed by atoms with Gasteiger partial charge in [-0.25, -0.2) is 0 Å². The molecular weight excluding hydrogens is 358 g/mol. The Morgan fingerprint density at radius 3 is 3.04 bits per heavy atom. The monoisotopic (exact) mass is 379 g/mol. The average molecular weight is 380 g/mol. The van der Waals surface area contributed by atoms with E-state index in [4.69, 9.17) is 21.1 Å². The molecule has 0 saturated carbocycles. The van der Waals surface area contributed by atoms with Crippen molar-refractivity contribution in [2.45, 2.75) is 43.9 Å². The highest BCUT2D eigenvalue weighted by Gasteiger charge is 2.46. The predicted octanol–water partition coefficient (Wildman–Crippen LogP) is 4.40. The largest absolute Gasteiger partial charge is 0.504 e. The Bertz CT molecular complexity index is 793. The summed E-state index contributed by atoms with van der Waals surface area (Å²) in [7, 11) is 1.57. The van der Waals surface area contributed by atoms with Gasteiger partial charge in [0, 0.05) is 28.9 Å². The molecule has 2 N–H and O–H groups in total. The van der Waals surface area contributed by atoms with E-state index in [0.717, 1.165) is 29.2 Å². The smallest absolute Gasteiger partial charge is 0.162 e. The summed E-state index contributed by atoms with van der Waals surface area (Å²) >= 11 is 7.93. The number of phenolic OH excluding ortho intramolecular Hbond substituents is 1. The van der Waals surface area contributed by atoms with Crippen LogP contribution in [0.5, 0.6) is 11.5 Å². The van der Waals surface area contributed by atoms with Crippen molar-refractivity contribution >= 4 is 22.9 Å². The van der Waals surface area contributed by atoms with Crippen LogP contribution < -0.4 is 10.1 Å². The standard InChI is InChI=1S/C19H22ClNO3S/c1-11-9-19(18-12(6-7-24-19)8-16(20)25-18)10-14(21-11)13-4-3-5-15(23-2)17(13)22/h3-5,8,11,14,21-22H,6-7,9-10H2,1-2H3/t11-,14-,19-/m0/s1. The molecule has 6 heteroatoms. The number of aromatic hydroxyl groups is 1. The zero-order valence-electron chi connectivity index (χ0n) is 14.3. The number of phenols is 1. The maximum Gasteiger partial charge on any atom is 0.162 e. The third kappa shape index (κ3) is 2.93. The van der Waals surface area contributed by atoms with Crippen LogP contribution in [0.25, 0.3) is 0 Å².